The summed E-state index contributed by atoms with van der Waals surface area (Å²) in [5.41, 5.74) is -0.292. The normalized spacial score (nSPS) is 40.4. The van der Waals surface area contributed by atoms with E-state index < -0.39 is 5.97 Å². The molecule has 1 saturated heterocycles. The molecule has 3 aliphatic rings. The van der Waals surface area contributed by atoms with Gasteiger partial charge in [-0.3, -0.25) is 9.59 Å². The summed E-state index contributed by atoms with van der Waals surface area (Å²) in [5.74, 6) is 0.525. The molecule has 0 bridgehead atoms. The van der Waals surface area contributed by atoms with Crippen LogP contribution < -0.4 is 5.32 Å². The van der Waals surface area contributed by atoms with Crippen molar-refractivity contribution in [3.63, 3.8) is 0 Å². The van der Waals surface area contributed by atoms with Crippen LogP contribution in [0.4, 0.5) is 0 Å². The van der Waals surface area contributed by atoms with Crippen molar-refractivity contribution in [1.82, 2.24) is 5.32 Å². The average molecular weight is 323 g/mol. The molecule has 1 amide bonds. The predicted molar refractivity (Wildman–Crippen MR) is 85.9 cm³/mol. The van der Waals surface area contributed by atoms with E-state index in [1.807, 2.05) is 0 Å². The molecule has 1 heterocycles. The predicted octanol–water partition coefficient (Wildman–Crippen LogP) is 2.73. The Labute approximate surface area is 138 Å². The molecular weight excluding hydrogens is 294 g/mol. The minimum atomic E-state index is -0.725. The number of hydrogen-bond donors (Lipinski definition) is 2. The summed E-state index contributed by atoms with van der Waals surface area (Å²) in [7, 11) is 0. The Morgan fingerprint density at radius 2 is 1.83 bits per heavy atom. The summed E-state index contributed by atoms with van der Waals surface area (Å²) in [6.07, 6.45) is 8.28. The number of aliphatic carboxylic acids is 1. The minimum absolute atomic E-state index is 0.147. The molecule has 130 valence electrons. The average Bonchev–Trinajstić information content (AvgIpc) is 2.47. The van der Waals surface area contributed by atoms with Crippen LogP contribution in [0.1, 0.15) is 64.7 Å². The van der Waals surface area contributed by atoms with Crippen LogP contribution in [-0.4, -0.2) is 35.2 Å². The van der Waals surface area contributed by atoms with Crippen LogP contribution >= 0.6 is 0 Å². The zero-order valence-corrected chi connectivity index (χ0v) is 14.1. The lowest BCUT2D eigenvalue weighted by molar-refractivity contribution is -0.182. The summed E-state index contributed by atoms with van der Waals surface area (Å²) >= 11 is 0. The Bertz CT molecular complexity index is 450. The highest BCUT2D eigenvalue weighted by Gasteiger charge is 2.51. The number of carboxylic acids is 1. The van der Waals surface area contributed by atoms with E-state index >= 15 is 0 Å². The molecule has 0 aromatic heterocycles. The van der Waals surface area contributed by atoms with Gasteiger partial charge in [-0.1, -0.05) is 19.8 Å². The van der Waals surface area contributed by atoms with Crippen molar-refractivity contribution in [3.05, 3.63) is 0 Å². The summed E-state index contributed by atoms with van der Waals surface area (Å²) in [5, 5.41) is 12.2. The van der Waals surface area contributed by atoms with Crippen molar-refractivity contribution in [2.75, 3.05) is 6.61 Å². The van der Waals surface area contributed by atoms with Gasteiger partial charge in [0.15, 0.2) is 0 Å². The second-order valence-corrected chi connectivity index (χ2v) is 8.06. The highest BCUT2D eigenvalue weighted by atomic mass is 16.5. The van der Waals surface area contributed by atoms with Crippen molar-refractivity contribution in [2.24, 2.45) is 17.8 Å². The van der Waals surface area contributed by atoms with Gasteiger partial charge < -0.3 is 15.2 Å². The molecule has 1 aliphatic heterocycles. The molecule has 5 nitrogen and oxygen atoms in total. The second-order valence-electron chi connectivity index (χ2n) is 8.06. The fraction of sp³-hybridized carbons (Fsp3) is 0.889. The number of amides is 1. The molecule has 5 heteroatoms. The van der Waals surface area contributed by atoms with E-state index in [-0.39, 0.29) is 23.5 Å². The number of carbonyl (C=O) groups is 2. The lowest BCUT2D eigenvalue weighted by atomic mass is 9.66. The van der Waals surface area contributed by atoms with Gasteiger partial charge >= 0.3 is 5.97 Å². The smallest absolute Gasteiger partial charge is 0.306 e. The topological polar surface area (TPSA) is 75.6 Å². The maximum atomic E-state index is 12.3. The van der Waals surface area contributed by atoms with Gasteiger partial charge in [-0.2, -0.15) is 0 Å². The van der Waals surface area contributed by atoms with Crippen molar-refractivity contribution < 1.29 is 19.4 Å². The first kappa shape index (κ1) is 16.7. The van der Waals surface area contributed by atoms with Gasteiger partial charge in [-0.15, -0.1) is 0 Å². The highest BCUT2D eigenvalue weighted by Crippen LogP contribution is 2.46. The third-order valence-electron chi connectivity index (χ3n) is 6.05. The third-order valence-corrected chi connectivity index (χ3v) is 6.05. The fourth-order valence-corrected chi connectivity index (χ4v) is 4.53. The number of carboxylic acid groups (broad SMARTS) is 1. The Hall–Kier alpha value is -1.10. The van der Waals surface area contributed by atoms with Gasteiger partial charge in [-0.05, 0) is 50.4 Å². The second kappa shape index (κ2) is 6.80. The third kappa shape index (κ3) is 4.06. The lowest BCUT2D eigenvalue weighted by Gasteiger charge is -2.50. The minimum Gasteiger partial charge on any atom is -0.481 e. The van der Waals surface area contributed by atoms with Crippen LogP contribution in [0.3, 0.4) is 0 Å². The van der Waals surface area contributed by atoms with Gasteiger partial charge in [-0.25, -0.2) is 0 Å². The molecule has 1 spiro atoms. The summed E-state index contributed by atoms with van der Waals surface area (Å²) < 4.78 is 5.84. The summed E-state index contributed by atoms with van der Waals surface area (Å²) in [6, 6.07) is 0.147. The molecule has 0 radical (unpaired) electrons. The molecule has 1 unspecified atom stereocenters. The van der Waals surface area contributed by atoms with E-state index in [9.17, 15) is 9.59 Å². The van der Waals surface area contributed by atoms with Crippen molar-refractivity contribution in [3.8, 4) is 0 Å². The van der Waals surface area contributed by atoms with Crippen LogP contribution in [0.15, 0.2) is 0 Å². The molecule has 0 aromatic carbocycles. The van der Waals surface area contributed by atoms with Gasteiger partial charge in [0.1, 0.15) is 0 Å². The Kier molecular flexibility index (Phi) is 4.95. The Morgan fingerprint density at radius 1 is 1.13 bits per heavy atom. The molecule has 1 atom stereocenters. The molecular formula is C18H29NO4. The van der Waals surface area contributed by atoms with Crippen LogP contribution in [0.25, 0.3) is 0 Å². The van der Waals surface area contributed by atoms with Gasteiger partial charge in [0.05, 0.1) is 11.5 Å². The Balaban J connectivity index is 1.43. The van der Waals surface area contributed by atoms with E-state index in [2.05, 4.69) is 12.2 Å². The van der Waals surface area contributed by atoms with E-state index in [1.54, 1.807) is 0 Å². The number of ether oxygens (including phenoxy) is 1. The summed E-state index contributed by atoms with van der Waals surface area (Å²) in [4.78, 5) is 23.3. The zero-order valence-electron chi connectivity index (χ0n) is 14.1. The molecule has 23 heavy (non-hydrogen) atoms. The van der Waals surface area contributed by atoms with Crippen molar-refractivity contribution >= 4 is 11.9 Å². The molecule has 3 fully saturated rings. The number of hydrogen-bond acceptors (Lipinski definition) is 3. The maximum absolute atomic E-state index is 12.3. The Morgan fingerprint density at radius 3 is 2.48 bits per heavy atom. The van der Waals surface area contributed by atoms with Gasteiger partial charge in [0.2, 0.25) is 5.91 Å². The SMILES string of the molecule is CC1CCC(CC(=O)NC2CCOC3(C2)CC(C(=O)O)C3)CC1. The van der Waals surface area contributed by atoms with Gasteiger partial charge in [0.25, 0.3) is 0 Å². The molecule has 3 rings (SSSR count). The van der Waals surface area contributed by atoms with E-state index in [4.69, 9.17) is 9.84 Å². The molecule has 2 aliphatic carbocycles. The van der Waals surface area contributed by atoms with Crippen LogP contribution in [0.2, 0.25) is 0 Å². The van der Waals surface area contributed by atoms with Crippen LogP contribution in [-0.2, 0) is 14.3 Å². The zero-order chi connectivity index (χ0) is 16.4. The number of rotatable bonds is 4. The fourth-order valence-electron chi connectivity index (χ4n) is 4.53. The molecule has 0 aromatic rings. The van der Waals surface area contributed by atoms with E-state index in [1.165, 1.54) is 25.7 Å². The first-order valence-corrected chi connectivity index (χ1v) is 9.12. The largest absolute Gasteiger partial charge is 0.481 e. The standard InChI is InChI=1S/C18H29NO4/c1-12-2-4-13(5-3-12)8-16(20)19-15-6-7-23-18(11-15)9-14(10-18)17(21)22/h12-15H,2-11H2,1H3,(H,19,20)(H,21,22). The molecule has 2 saturated carbocycles. The van der Waals surface area contributed by atoms with Crippen LogP contribution in [0, 0.1) is 17.8 Å². The first-order chi connectivity index (χ1) is 11.0. The molecule has 2 N–H and O–H groups in total. The van der Waals surface area contributed by atoms with E-state index in [0.29, 0.717) is 31.8 Å². The highest BCUT2D eigenvalue weighted by molar-refractivity contribution is 5.76. The first-order valence-electron chi connectivity index (χ1n) is 9.12. The monoisotopic (exact) mass is 323 g/mol. The summed E-state index contributed by atoms with van der Waals surface area (Å²) in [6.45, 7) is 2.92. The van der Waals surface area contributed by atoms with E-state index in [0.717, 1.165) is 18.8 Å². The van der Waals surface area contributed by atoms with Gasteiger partial charge in [0, 0.05) is 19.1 Å². The quantitative estimate of drug-likeness (QED) is 0.834. The lowest BCUT2D eigenvalue weighted by Crippen LogP contribution is -2.56. The maximum Gasteiger partial charge on any atom is 0.306 e. The van der Waals surface area contributed by atoms with Crippen molar-refractivity contribution in [2.45, 2.75) is 76.4 Å². The van der Waals surface area contributed by atoms with Crippen molar-refractivity contribution in [1.29, 1.82) is 0 Å². The number of carbonyl (C=O) groups excluding carboxylic acids is 1. The number of nitrogens with one attached hydrogen (secondary N) is 1. The van der Waals surface area contributed by atoms with Crippen LogP contribution in [0.5, 0.6) is 0 Å².